The second kappa shape index (κ2) is 4.00. The van der Waals surface area contributed by atoms with Crippen molar-refractivity contribution in [1.82, 2.24) is 0 Å². The first-order valence-electron chi connectivity index (χ1n) is 4.15. The van der Waals surface area contributed by atoms with E-state index in [1.165, 1.54) is 6.92 Å². The Bertz CT molecular complexity index is 194. The molecule has 0 spiro atoms. The molecule has 0 aromatic carbocycles. The van der Waals surface area contributed by atoms with Crippen LogP contribution in [0.3, 0.4) is 0 Å². The second-order valence-electron chi connectivity index (χ2n) is 3.01. The zero-order valence-corrected chi connectivity index (χ0v) is 7.68. The molecule has 0 aliphatic carbocycles. The largest absolute Gasteiger partial charge is 0.477 e. The monoisotopic (exact) mass is 196 g/mol. The topological polar surface area (TPSA) is 57.5 Å². The number of hydrogen-bond acceptors (Lipinski definition) is 2. The third kappa shape index (κ3) is 2.15. The minimum atomic E-state index is -4.07. The predicted octanol–water partition coefficient (Wildman–Crippen LogP) is 1.65. The zero-order chi connectivity index (χ0) is 10.7. The second-order valence-corrected chi connectivity index (χ2v) is 3.01. The third-order valence-electron chi connectivity index (χ3n) is 2.10. The van der Waals surface area contributed by atoms with Gasteiger partial charge in [0.1, 0.15) is 5.60 Å². The molecule has 0 saturated heterocycles. The van der Waals surface area contributed by atoms with Crippen LogP contribution >= 0.6 is 0 Å². The van der Waals surface area contributed by atoms with Crippen molar-refractivity contribution in [3.63, 3.8) is 0 Å². The Kier molecular flexibility index (Phi) is 3.78. The van der Waals surface area contributed by atoms with Crippen LogP contribution in [-0.4, -0.2) is 27.7 Å². The van der Waals surface area contributed by atoms with Crippen LogP contribution in [0.1, 0.15) is 33.1 Å². The molecule has 0 aromatic heterocycles. The van der Waals surface area contributed by atoms with Crippen molar-refractivity contribution >= 4 is 5.97 Å². The molecule has 78 valence electrons. The van der Waals surface area contributed by atoms with Gasteiger partial charge in [0.15, 0.2) is 0 Å². The lowest BCUT2D eigenvalue weighted by molar-refractivity contribution is -0.211. The fourth-order valence-corrected chi connectivity index (χ4v) is 1.17. The minimum Gasteiger partial charge on any atom is -0.477 e. The Labute approximate surface area is 75.4 Å². The van der Waals surface area contributed by atoms with Gasteiger partial charge in [0.05, 0.1) is 0 Å². The number of carboxylic acids is 1. The van der Waals surface area contributed by atoms with Gasteiger partial charge in [0.25, 0.3) is 0 Å². The highest BCUT2D eigenvalue weighted by Crippen LogP contribution is 2.35. The van der Waals surface area contributed by atoms with E-state index in [2.05, 4.69) is 0 Å². The van der Waals surface area contributed by atoms with Gasteiger partial charge in [-0.05, 0) is 12.8 Å². The van der Waals surface area contributed by atoms with Gasteiger partial charge in [0, 0.05) is 0 Å². The van der Waals surface area contributed by atoms with Crippen LogP contribution in [0.15, 0.2) is 0 Å². The van der Waals surface area contributed by atoms with Crippen molar-refractivity contribution in [2.24, 2.45) is 0 Å². The number of halogens is 2. The van der Waals surface area contributed by atoms with Gasteiger partial charge >= 0.3 is 11.9 Å². The maximum atomic E-state index is 12.9. The van der Waals surface area contributed by atoms with Crippen LogP contribution in [0, 0.1) is 0 Å². The summed E-state index contributed by atoms with van der Waals surface area (Å²) in [7, 11) is 0. The standard InChI is InChI=1S/C8H14F2O3/c1-3-5-7(13,4-2)8(9,10)6(11)12/h13H,3-5H2,1-2H3,(H,11,12). The van der Waals surface area contributed by atoms with E-state index < -0.39 is 17.5 Å². The summed E-state index contributed by atoms with van der Waals surface area (Å²) in [6.45, 7) is 2.95. The van der Waals surface area contributed by atoms with Crippen molar-refractivity contribution in [2.75, 3.05) is 0 Å². The molecule has 2 N–H and O–H groups in total. The molecular weight excluding hydrogens is 182 g/mol. The fraction of sp³-hybridized carbons (Fsp3) is 0.875. The lowest BCUT2D eigenvalue weighted by Gasteiger charge is -2.31. The van der Waals surface area contributed by atoms with Crippen molar-refractivity contribution in [3.8, 4) is 0 Å². The van der Waals surface area contributed by atoms with E-state index in [1.807, 2.05) is 0 Å². The SMILES string of the molecule is CCCC(O)(CC)C(F)(F)C(=O)O. The molecule has 0 amide bonds. The summed E-state index contributed by atoms with van der Waals surface area (Å²) in [5, 5.41) is 17.6. The summed E-state index contributed by atoms with van der Waals surface area (Å²) in [6.07, 6.45) is -0.184. The van der Waals surface area contributed by atoms with Crippen LogP contribution in [0.4, 0.5) is 8.78 Å². The first-order valence-corrected chi connectivity index (χ1v) is 4.15. The number of carbonyl (C=O) groups is 1. The maximum Gasteiger partial charge on any atom is 0.377 e. The Morgan fingerprint density at radius 2 is 1.85 bits per heavy atom. The highest BCUT2D eigenvalue weighted by Gasteiger charge is 2.56. The van der Waals surface area contributed by atoms with E-state index in [-0.39, 0.29) is 12.8 Å². The fourth-order valence-electron chi connectivity index (χ4n) is 1.17. The van der Waals surface area contributed by atoms with Gasteiger partial charge in [-0.25, -0.2) is 4.79 Å². The van der Waals surface area contributed by atoms with E-state index in [0.717, 1.165) is 0 Å². The summed E-state index contributed by atoms with van der Waals surface area (Å²) in [6, 6.07) is 0. The molecular formula is C8H14F2O3. The van der Waals surface area contributed by atoms with E-state index in [4.69, 9.17) is 5.11 Å². The number of aliphatic carboxylic acids is 1. The Balaban J connectivity index is 4.82. The molecule has 0 aliphatic heterocycles. The molecule has 1 atom stereocenters. The number of rotatable bonds is 5. The molecule has 0 heterocycles. The predicted molar refractivity (Wildman–Crippen MR) is 42.7 cm³/mol. The van der Waals surface area contributed by atoms with Gasteiger partial charge in [-0.1, -0.05) is 20.3 Å². The molecule has 0 saturated carbocycles. The van der Waals surface area contributed by atoms with Crippen LogP contribution in [0.25, 0.3) is 0 Å². The lowest BCUT2D eigenvalue weighted by Crippen LogP contribution is -2.52. The highest BCUT2D eigenvalue weighted by atomic mass is 19.3. The molecule has 0 aliphatic rings. The average Bonchev–Trinajstić information content (AvgIpc) is 2.04. The van der Waals surface area contributed by atoms with Crippen molar-refractivity contribution in [3.05, 3.63) is 0 Å². The van der Waals surface area contributed by atoms with E-state index >= 15 is 0 Å². The lowest BCUT2D eigenvalue weighted by atomic mass is 9.88. The van der Waals surface area contributed by atoms with Gasteiger partial charge < -0.3 is 10.2 Å². The maximum absolute atomic E-state index is 12.9. The molecule has 0 fully saturated rings. The Morgan fingerprint density at radius 1 is 1.38 bits per heavy atom. The first kappa shape index (κ1) is 12.3. The van der Waals surface area contributed by atoms with Crippen molar-refractivity contribution in [1.29, 1.82) is 0 Å². The number of aliphatic hydroxyl groups is 1. The van der Waals surface area contributed by atoms with Crippen LogP contribution in [0.5, 0.6) is 0 Å². The van der Waals surface area contributed by atoms with Crippen molar-refractivity contribution in [2.45, 2.75) is 44.6 Å². The molecule has 0 rings (SSSR count). The molecule has 0 radical (unpaired) electrons. The van der Waals surface area contributed by atoms with Gasteiger partial charge in [-0.2, -0.15) is 8.78 Å². The highest BCUT2D eigenvalue weighted by molar-refractivity contribution is 5.77. The first-order chi connectivity index (χ1) is 5.81. The van der Waals surface area contributed by atoms with Crippen LogP contribution in [-0.2, 0) is 4.79 Å². The number of alkyl halides is 2. The summed E-state index contributed by atoms with van der Waals surface area (Å²) < 4.78 is 25.9. The zero-order valence-electron chi connectivity index (χ0n) is 7.68. The smallest absolute Gasteiger partial charge is 0.377 e. The van der Waals surface area contributed by atoms with Gasteiger partial charge in [-0.15, -0.1) is 0 Å². The van der Waals surface area contributed by atoms with Crippen molar-refractivity contribution < 1.29 is 23.8 Å². The molecule has 5 heteroatoms. The number of hydrogen-bond donors (Lipinski definition) is 2. The van der Waals surface area contributed by atoms with Gasteiger partial charge in [0.2, 0.25) is 0 Å². The summed E-state index contributed by atoms with van der Waals surface area (Å²) in [4.78, 5) is 10.2. The molecule has 0 bridgehead atoms. The van der Waals surface area contributed by atoms with Gasteiger partial charge in [-0.3, -0.25) is 0 Å². The van der Waals surface area contributed by atoms with Crippen LogP contribution in [0.2, 0.25) is 0 Å². The molecule has 1 unspecified atom stereocenters. The quantitative estimate of drug-likeness (QED) is 0.702. The summed E-state index contributed by atoms with van der Waals surface area (Å²) in [5.74, 6) is -6.34. The van der Waals surface area contributed by atoms with E-state index in [0.29, 0.717) is 6.42 Å². The summed E-state index contributed by atoms with van der Waals surface area (Å²) in [5.41, 5.74) is -2.42. The average molecular weight is 196 g/mol. The van der Waals surface area contributed by atoms with E-state index in [9.17, 15) is 18.7 Å². The molecule has 3 nitrogen and oxygen atoms in total. The normalized spacial score (nSPS) is 16.7. The molecule has 13 heavy (non-hydrogen) atoms. The third-order valence-corrected chi connectivity index (χ3v) is 2.10. The Morgan fingerprint density at radius 3 is 2.08 bits per heavy atom. The number of carboxylic acid groups (broad SMARTS) is 1. The molecule has 0 aromatic rings. The van der Waals surface area contributed by atoms with Crippen LogP contribution < -0.4 is 0 Å². The van der Waals surface area contributed by atoms with E-state index in [1.54, 1.807) is 6.92 Å². The Hall–Kier alpha value is -0.710. The summed E-state index contributed by atoms with van der Waals surface area (Å²) >= 11 is 0. The minimum absolute atomic E-state index is 0.219.